The second-order valence-electron chi connectivity index (χ2n) is 4.61. The third-order valence-electron chi connectivity index (χ3n) is 3.25. The number of pyridine rings is 1. The van der Waals surface area contributed by atoms with Crippen LogP contribution in [-0.2, 0) is 9.53 Å². The first-order valence-electron chi connectivity index (χ1n) is 6.67. The van der Waals surface area contributed by atoms with Gasteiger partial charge in [-0.1, -0.05) is 6.07 Å². The summed E-state index contributed by atoms with van der Waals surface area (Å²) in [4.78, 5) is 29.0. The van der Waals surface area contributed by atoms with Crippen LogP contribution in [0.25, 0.3) is 27.9 Å². The Balaban J connectivity index is 2.09. The summed E-state index contributed by atoms with van der Waals surface area (Å²) in [6.45, 7) is 2.12. The van der Waals surface area contributed by atoms with Crippen molar-refractivity contribution in [2.24, 2.45) is 0 Å². The minimum Gasteiger partial charge on any atom is -0.463 e. The Morgan fingerprint density at radius 1 is 1.29 bits per heavy atom. The van der Waals surface area contributed by atoms with Crippen LogP contribution in [0.4, 0.5) is 0 Å². The van der Waals surface area contributed by atoms with E-state index in [-0.39, 0.29) is 11.5 Å². The largest absolute Gasteiger partial charge is 0.463 e. The summed E-state index contributed by atoms with van der Waals surface area (Å²) >= 11 is 0. The van der Waals surface area contributed by atoms with Gasteiger partial charge in [0, 0.05) is 28.6 Å². The number of carbonyl (C=O) groups excluding carboxylic acids is 1. The van der Waals surface area contributed by atoms with E-state index in [4.69, 9.17) is 4.74 Å². The molecule has 3 aromatic rings. The maximum Gasteiger partial charge on any atom is 0.330 e. The molecular formula is C16H14N2O3. The summed E-state index contributed by atoms with van der Waals surface area (Å²) < 4.78 is 4.85. The fourth-order valence-electron chi connectivity index (χ4n) is 2.32. The number of hydrogen-bond donors (Lipinski definition) is 2. The van der Waals surface area contributed by atoms with Gasteiger partial charge in [-0.2, -0.15) is 0 Å². The van der Waals surface area contributed by atoms with E-state index < -0.39 is 0 Å². The zero-order valence-corrected chi connectivity index (χ0v) is 11.5. The standard InChI is InChI=1S/C16H14N2O3/c1-2-21-14(19)6-4-10-3-5-13-12(9-10)11-7-8-17-15(11)16(20)18-13/h3-9,17H,2H2,1H3,(H,18,20). The minimum absolute atomic E-state index is 0.141. The van der Waals surface area contributed by atoms with Crippen LogP contribution in [0.2, 0.25) is 0 Å². The van der Waals surface area contributed by atoms with Gasteiger partial charge < -0.3 is 14.7 Å². The molecule has 5 nitrogen and oxygen atoms in total. The van der Waals surface area contributed by atoms with Crippen LogP contribution in [0.1, 0.15) is 12.5 Å². The van der Waals surface area contributed by atoms with E-state index in [1.54, 1.807) is 19.2 Å². The van der Waals surface area contributed by atoms with Gasteiger partial charge in [-0.05, 0) is 36.8 Å². The molecule has 0 fully saturated rings. The number of aromatic nitrogens is 2. The average Bonchev–Trinajstić information content (AvgIpc) is 2.96. The normalized spacial score (nSPS) is 11.5. The quantitative estimate of drug-likeness (QED) is 0.572. The van der Waals surface area contributed by atoms with E-state index in [1.807, 2.05) is 24.3 Å². The van der Waals surface area contributed by atoms with Crippen LogP contribution < -0.4 is 5.56 Å². The summed E-state index contributed by atoms with van der Waals surface area (Å²) in [6.07, 6.45) is 4.83. The van der Waals surface area contributed by atoms with Gasteiger partial charge in [-0.3, -0.25) is 4.79 Å². The fourth-order valence-corrected chi connectivity index (χ4v) is 2.32. The van der Waals surface area contributed by atoms with Crippen molar-refractivity contribution in [1.82, 2.24) is 9.97 Å². The van der Waals surface area contributed by atoms with E-state index >= 15 is 0 Å². The Hall–Kier alpha value is -2.82. The lowest BCUT2D eigenvalue weighted by Gasteiger charge is -2.02. The zero-order valence-electron chi connectivity index (χ0n) is 11.5. The first-order valence-corrected chi connectivity index (χ1v) is 6.67. The third kappa shape index (κ3) is 2.45. The molecule has 0 bridgehead atoms. The minimum atomic E-state index is -0.370. The second-order valence-corrected chi connectivity index (χ2v) is 4.61. The van der Waals surface area contributed by atoms with Gasteiger partial charge >= 0.3 is 5.97 Å². The number of benzene rings is 1. The topological polar surface area (TPSA) is 75.0 Å². The van der Waals surface area contributed by atoms with Crippen molar-refractivity contribution >= 4 is 33.9 Å². The molecule has 0 aliphatic carbocycles. The second kappa shape index (κ2) is 5.28. The molecule has 0 radical (unpaired) electrons. The smallest absolute Gasteiger partial charge is 0.330 e. The molecule has 2 N–H and O–H groups in total. The predicted octanol–water partition coefficient (Wildman–Crippen LogP) is 2.59. The third-order valence-corrected chi connectivity index (χ3v) is 3.25. The molecule has 21 heavy (non-hydrogen) atoms. The molecule has 0 unspecified atom stereocenters. The van der Waals surface area contributed by atoms with Crippen molar-refractivity contribution in [2.45, 2.75) is 6.92 Å². The highest BCUT2D eigenvalue weighted by molar-refractivity contribution is 6.05. The number of H-pyrrole nitrogens is 2. The summed E-state index contributed by atoms with van der Waals surface area (Å²) in [6, 6.07) is 7.46. The molecule has 0 amide bonds. The highest BCUT2D eigenvalue weighted by Gasteiger charge is 2.06. The molecule has 5 heteroatoms. The molecule has 0 saturated carbocycles. The van der Waals surface area contributed by atoms with E-state index in [0.717, 1.165) is 21.9 Å². The van der Waals surface area contributed by atoms with E-state index in [9.17, 15) is 9.59 Å². The predicted molar refractivity (Wildman–Crippen MR) is 82.1 cm³/mol. The van der Waals surface area contributed by atoms with Gasteiger partial charge in [0.2, 0.25) is 0 Å². The van der Waals surface area contributed by atoms with E-state index in [0.29, 0.717) is 12.1 Å². The van der Waals surface area contributed by atoms with Crippen LogP contribution in [0.5, 0.6) is 0 Å². The van der Waals surface area contributed by atoms with Crippen molar-refractivity contribution < 1.29 is 9.53 Å². The Bertz CT molecular complexity index is 903. The number of nitrogens with one attached hydrogen (secondary N) is 2. The molecule has 2 heterocycles. The van der Waals surface area contributed by atoms with Crippen molar-refractivity contribution in [3.8, 4) is 0 Å². The van der Waals surface area contributed by atoms with Gasteiger partial charge in [0.1, 0.15) is 5.52 Å². The first-order chi connectivity index (χ1) is 10.2. The Labute approximate surface area is 120 Å². The average molecular weight is 282 g/mol. The molecule has 0 atom stereocenters. The van der Waals surface area contributed by atoms with Gasteiger partial charge in [0.25, 0.3) is 5.56 Å². The van der Waals surface area contributed by atoms with Gasteiger partial charge in [-0.25, -0.2) is 4.79 Å². The van der Waals surface area contributed by atoms with Gasteiger partial charge in [0.05, 0.1) is 6.61 Å². The summed E-state index contributed by atoms with van der Waals surface area (Å²) in [7, 11) is 0. The number of fused-ring (bicyclic) bond motifs is 3. The molecule has 0 aliphatic rings. The van der Waals surface area contributed by atoms with E-state index in [1.165, 1.54) is 6.08 Å². The maximum absolute atomic E-state index is 11.9. The lowest BCUT2D eigenvalue weighted by molar-refractivity contribution is -0.137. The van der Waals surface area contributed by atoms with Crippen molar-refractivity contribution in [3.63, 3.8) is 0 Å². The van der Waals surface area contributed by atoms with Crippen molar-refractivity contribution in [3.05, 3.63) is 52.5 Å². The molecule has 2 aromatic heterocycles. The number of aromatic amines is 2. The first kappa shape index (κ1) is 13.2. The van der Waals surface area contributed by atoms with Crippen molar-refractivity contribution in [1.29, 1.82) is 0 Å². The molecular weight excluding hydrogens is 268 g/mol. The molecule has 0 aliphatic heterocycles. The number of ether oxygens (including phenoxy) is 1. The van der Waals surface area contributed by atoms with Crippen LogP contribution in [0.3, 0.4) is 0 Å². The summed E-state index contributed by atoms with van der Waals surface area (Å²) in [5.74, 6) is -0.370. The monoisotopic (exact) mass is 282 g/mol. The number of carbonyl (C=O) groups is 1. The lowest BCUT2D eigenvalue weighted by Crippen LogP contribution is -2.05. The SMILES string of the molecule is CCOC(=O)C=Cc1ccc2[nH]c(=O)c3[nH]ccc3c2c1. The number of hydrogen-bond acceptors (Lipinski definition) is 3. The maximum atomic E-state index is 11.9. The molecule has 3 rings (SSSR count). The molecule has 1 aromatic carbocycles. The summed E-state index contributed by atoms with van der Waals surface area (Å²) in [5, 5.41) is 1.79. The molecule has 0 spiro atoms. The van der Waals surface area contributed by atoms with Crippen LogP contribution in [0, 0.1) is 0 Å². The number of rotatable bonds is 3. The van der Waals surface area contributed by atoms with Gasteiger partial charge in [-0.15, -0.1) is 0 Å². The fraction of sp³-hybridized carbons (Fsp3) is 0.125. The van der Waals surface area contributed by atoms with Crippen molar-refractivity contribution in [2.75, 3.05) is 6.61 Å². The Kier molecular flexibility index (Phi) is 3.31. The highest BCUT2D eigenvalue weighted by atomic mass is 16.5. The Morgan fingerprint density at radius 3 is 2.95 bits per heavy atom. The van der Waals surface area contributed by atoms with E-state index in [2.05, 4.69) is 9.97 Å². The number of esters is 1. The summed E-state index contributed by atoms with van der Waals surface area (Å²) in [5.41, 5.74) is 2.04. The molecule has 106 valence electrons. The van der Waals surface area contributed by atoms with Crippen LogP contribution in [0.15, 0.2) is 41.3 Å². The van der Waals surface area contributed by atoms with Gasteiger partial charge in [0.15, 0.2) is 0 Å². The molecule has 0 saturated heterocycles. The highest BCUT2D eigenvalue weighted by Crippen LogP contribution is 2.22. The lowest BCUT2D eigenvalue weighted by atomic mass is 10.1. The van der Waals surface area contributed by atoms with Crippen LogP contribution in [-0.4, -0.2) is 22.5 Å². The Morgan fingerprint density at radius 2 is 2.14 bits per heavy atom. The van der Waals surface area contributed by atoms with Crippen LogP contribution >= 0.6 is 0 Å². The zero-order chi connectivity index (χ0) is 14.8.